The van der Waals surface area contributed by atoms with Crippen molar-refractivity contribution in [3.8, 4) is 0 Å². The monoisotopic (exact) mass is 457 g/mol. The zero-order valence-electron chi connectivity index (χ0n) is 21.7. The molecule has 5 aliphatic rings. The van der Waals surface area contributed by atoms with Crippen LogP contribution in [0.25, 0.3) is 0 Å². The van der Waals surface area contributed by atoms with Gasteiger partial charge in [0.15, 0.2) is 0 Å². The Bertz CT molecular complexity index is 807. The summed E-state index contributed by atoms with van der Waals surface area (Å²) in [6.07, 6.45) is 12.4. The van der Waals surface area contributed by atoms with Crippen LogP contribution in [0.15, 0.2) is 11.3 Å². The highest BCUT2D eigenvalue weighted by atomic mass is 16.5. The van der Waals surface area contributed by atoms with E-state index in [1.54, 1.807) is 6.92 Å². The van der Waals surface area contributed by atoms with Crippen molar-refractivity contribution in [2.24, 2.45) is 46.3 Å². The fourth-order valence-corrected chi connectivity index (χ4v) is 9.62. The van der Waals surface area contributed by atoms with Gasteiger partial charge in [-0.3, -0.25) is 4.79 Å². The van der Waals surface area contributed by atoms with Crippen LogP contribution in [0, 0.1) is 46.3 Å². The highest BCUT2D eigenvalue weighted by Crippen LogP contribution is 2.69. The van der Waals surface area contributed by atoms with Crippen molar-refractivity contribution in [3.63, 3.8) is 0 Å². The van der Waals surface area contributed by atoms with E-state index in [9.17, 15) is 9.90 Å². The van der Waals surface area contributed by atoms with Crippen LogP contribution >= 0.6 is 0 Å². The van der Waals surface area contributed by atoms with Gasteiger partial charge in [0.2, 0.25) is 5.91 Å². The van der Waals surface area contributed by atoms with E-state index < -0.39 is 0 Å². The molecule has 186 valence electrons. The lowest BCUT2D eigenvalue weighted by Gasteiger charge is -2.60. The molecule has 4 aliphatic carbocycles. The minimum atomic E-state index is -0.0557. The molecule has 0 spiro atoms. The van der Waals surface area contributed by atoms with Gasteiger partial charge in [0.1, 0.15) is 6.10 Å². The topological polar surface area (TPSA) is 58.6 Å². The second-order valence-corrected chi connectivity index (χ2v) is 13.2. The van der Waals surface area contributed by atoms with Crippen molar-refractivity contribution in [2.75, 3.05) is 6.54 Å². The van der Waals surface area contributed by atoms with Gasteiger partial charge in [-0.15, -0.1) is 0 Å². The maximum atomic E-state index is 11.2. The number of carbonyl (C=O) groups excluding carboxylic acids is 1. The van der Waals surface area contributed by atoms with E-state index in [-0.39, 0.29) is 12.0 Å². The lowest BCUT2D eigenvalue weighted by molar-refractivity contribution is -0.124. The first-order valence-corrected chi connectivity index (χ1v) is 13.9. The molecule has 4 heteroatoms. The van der Waals surface area contributed by atoms with Crippen molar-refractivity contribution < 1.29 is 14.6 Å². The van der Waals surface area contributed by atoms with Crippen molar-refractivity contribution in [1.82, 2.24) is 5.32 Å². The van der Waals surface area contributed by atoms with Crippen molar-refractivity contribution in [1.29, 1.82) is 0 Å². The maximum Gasteiger partial charge on any atom is 0.216 e. The molecule has 0 saturated heterocycles. The number of hydrogen-bond donors (Lipinski definition) is 2. The molecule has 0 radical (unpaired) electrons. The second-order valence-electron chi connectivity index (χ2n) is 13.2. The third-order valence-electron chi connectivity index (χ3n) is 11.4. The van der Waals surface area contributed by atoms with E-state index >= 15 is 0 Å². The Balaban J connectivity index is 1.28. The first-order valence-electron chi connectivity index (χ1n) is 13.9. The van der Waals surface area contributed by atoms with Gasteiger partial charge in [-0.2, -0.15) is 0 Å². The summed E-state index contributed by atoms with van der Waals surface area (Å²) in [5.74, 6) is 5.62. The molecule has 10 atom stereocenters. The number of amides is 1. The largest absolute Gasteiger partial charge is 0.494 e. The third kappa shape index (κ3) is 3.87. The van der Waals surface area contributed by atoms with E-state index in [0.29, 0.717) is 28.8 Å². The Morgan fingerprint density at radius 2 is 1.88 bits per heavy atom. The van der Waals surface area contributed by atoms with Crippen LogP contribution in [0.5, 0.6) is 0 Å². The highest BCUT2D eigenvalue weighted by Gasteiger charge is 2.64. The molecular weight excluding hydrogens is 410 g/mol. The molecule has 0 bridgehead atoms. The van der Waals surface area contributed by atoms with Gasteiger partial charge >= 0.3 is 0 Å². The summed E-state index contributed by atoms with van der Waals surface area (Å²) in [7, 11) is 0. The van der Waals surface area contributed by atoms with Gasteiger partial charge in [0, 0.05) is 25.8 Å². The summed E-state index contributed by atoms with van der Waals surface area (Å²) >= 11 is 0. The van der Waals surface area contributed by atoms with Crippen LogP contribution in [0.4, 0.5) is 0 Å². The van der Waals surface area contributed by atoms with Crippen molar-refractivity contribution in [2.45, 2.75) is 111 Å². The van der Waals surface area contributed by atoms with Crippen LogP contribution in [-0.4, -0.2) is 29.8 Å². The zero-order chi connectivity index (χ0) is 23.5. The fourth-order valence-electron chi connectivity index (χ4n) is 9.62. The molecule has 2 N–H and O–H groups in total. The first-order chi connectivity index (χ1) is 15.6. The molecule has 4 nitrogen and oxygen atoms in total. The number of fused-ring (bicyclic) bond motifs is 7. The standard InChI is InChI=1S/C29H47NO3/c1-17(16-30-19(3)31)6-9-25-18(2)27-26(33-25)15-24-22-8-7-20-14-21(32)10-12-28(20,4)23(22)11-13-29(24,27)5/h17,20-24,26-27,32H,6-16H2,1-5H3,(H,30,31)/t17?,20?,21?,22-,23+,24+,26+,27+,28+,29+/m1/s1. The van der Waals surface area contributed by atoms with Gasteiger partial charge in [0.05, 0.1) is 11.9 Å². The summed E-state index contributed by atoms with van der Waals surface area (Å²) in [4.78, 5) is 11.2. The molecule has 1 aliphatic heterocycles. The number of hydrogen-bond acceptors (Lipinski definition) is 3. The molecule has 0 aromatic rings. The summed E-state index contributed by atoms with van der Waals surface area (Å²) < 4.78 is 6.72. The Hall–Kier alpha value is -1.03. The number of rotatable bonds is 5. The van der Waals surface area contributed by atoms with E-state index in [2.05, 4.69) is 33.0 Å². The minimum absolute atomic E-state index is 0.0557. The molecule has 1 amide bonds. The Morgan fingerprint density at radius 1 is 1.12 bits per heavy atom. The average Bonchev–Trinajstić information content (AvgIpc) is 3.24. The Morgan fingerprint density at radius 3 is 2.64 bits per heavy atom. The SMILES string of the molecule is CC(=O)NCC(C)CCC1=C(C)[C@H]2[C@H](C[C@H]3[C@@H]4CCC5CC(O)CC[C@]5(C)[C@H]4CC[C@@]32C)O1. The fraction of sp³-hybridized carbons (Fsp3) is 0.897. The van der Waals surface area contributed by atoms with E-state index in [4.69, 9.17) is 4.74 Å². The van der Waals surface area contributed by atoms with Crippen LogP contribution in [0.3, 0.4) is 0 Å². The van der Waals surface area contributed by atoms with Crippen LogP contribution < -0.4 is 5.32 Å². The number of nitrogens with one attached hydrogen (secondary N) is 1. The molecule has 1 heterocycles. The second kappa shape index (κ2) is 8.57. The number of carbonyl (C=O) groups is 1. The van der Waals surface area contributed by atoms with Gasteiger partial charge < -0.3 is 15.2 Å². The predicted molar refractivity (Wildman–Crippen MR) is 131 cm³/mol. The molecular formula is C29H47NO3. The average molecular weight is 458 g/mol. The van der Waals surface area contributed by atoms with Crippen molar-refractivity contribution in [3.05, 3.63) is 11.3 Å². The Labute approximate surface area is 201 Å². The minimum Gasteiger partial charge on any atom is -0.494 e. The number of ether oxygens (including phenoxy) is 1. The van der Waals surface area contributed by atoms with Gasteiger partial charge in [-0.1, -0.05) is 20.8 Å². The van der Waals surface area contributed by atoms with Gasteiger partial charge in [-0.25, -0.2) is 0 Å². The normalized spacial score (nSPS) is 47.2. The van der Waals surface area contributed by atoms with Crippen LogP contribution in [0.2, 0.25) is 0 Å². The number of allylic oxidation sites excluding steroid dienone is 1. The molecule has 0 aromatic carbocycles. The summed E-state index contributed by atoms with van der Waals surface area (Å²) in [6.45, 7) is 12.1. The van der Waals surface area contributed by atoms with Crippen molar-refractivity contribution >= 4 is 5.91 Å². The lowest BCUT2D eigenvalue weighted by Crippen LogP contribution is -2.54. The smallest absolute Gasteiger partial charge is 0.216 e. The Kier molecular flexibility index (Phi) is 6.16. The third-order valence-corrected chi connectivity index (χ3v) is 11.4. The maximum absolute atomic E-state index is 11.2. The molecule has 3 unspecified atom stereocenters. The molecule has 0 aromatic heterocycles. The van der Waals surface area contributed by atoms with Gasteiger partial charge in [-0.05, 0) is 111 Å². The molecule has 4 saturated carbocycles. The number of aliphatic hydroxyl groups is 1. The first kappa shape index (κ1) is 23.7. The summed E-state index contributed by atoms with van der Waals surface area (Å²) in [5, 5.41) is 13.3. The number of aliphatic hydroxyl groups excluding tert-OH is 1. The van der Waals surface area contributed by atoms with Gasteiger partial charge in [0.25, 0.3) is 0 Å². The summed E-state index contributed by atoms with van der Waals surface area (Å²) in [6, 6.07) is 0. The molecule has 4 fully saturated rings. The lowest BCUT2D eigenvalue weighted by atomic mass is 9.44. The van der Waals surface area contributed by atoms with E-state index in [1.165, 1.54) is 49.9 Å². The van der Waals surface area contributed by atoms with Crippen LogP contribution in [-0.2, 0) is 9.53 Å². The van der Waals surface area contributed by atoms with E-state index in [1.807, 2.05) is 0 Å². The quantitative estimate of drug-likeness (QED) is 0.545. The predicted octanol–water partition coefficient (Wildman–Crippen LogP) is 5.84. The highest BCUT2D eigenvalue weighted by molar-refractivity contribution is 5.72. The zero-order valence-corrected chi connectivity index (χ0v) is 21.7. The molecule has 33 heavy (non-hydrogen) atoms. The summed E-state index contributed by atoms with van der Waals surface area (Å²) in [5.41, 5.74) is 2.37. The van der Waals surface area contributed by atoms with Crippen LogP contribution in [0.1, 0.15) is 98.8 Å². The van der Waals surface area contributed by atoms with E-state index in [0.717, 1.165) is 55.9 Å². The molecule has 5 rings (SSSR count).